The minimum absolute atomic E-state index is 0.0104. The summed E-state index contributed by atoms with van der Waals surface area (Å²) in [5.41, 5.74) is 2.59. The van der Waals surface area contributed by atoms with E-state index in [1.54, 1.807) is 6.07 Å². The summed E-state index contributed by atoms with van der Waals surface area (Å²) >= 11 is 0. The molecule has 1 aliphatic rings. The molecule has 1 aliphatic heterocycles. The Kier molecular flexibility index (Phi) is 5.56. The van der Waals surface area contributed by atoms with E-state index >= 15 is 0 Å². The smallest absolute Gasteiger partial charge is 0.269 e. The van der Waals surface area contributed by atoms with Gasteiger partial charge >= 0.3 is 0 Å². The number of morpholine rings is 1. The Balaban J connectivity index is 1.49. The molecule has 5 nitrogen and oxygen atoms in total. The van der Waals surface area contributed by atoms with Crippen molar-refractivity contribution in [1.29, 1.82) is 0 Å². The van der Waals surface area contributed by atoms with Crippen molar-refractivity contribution in [1.82, 2.24) is 15.2 Å². The maximum atomic E-state index is 12.2. The molecule has 0 spiro atoms. The van der Waals surface area contributed by atoms with Crippen molar-refractivity contribution >= 4 is 5.91 Å². The first-order valence-corrected chi connectivity index (χ1v) is 8.30. The molecule has 1 unspecified atom stereocenters. The lowest BCUT2D eigenvalue weighted by Gasteiger charge is -2.33. The standard InChI is InChI=1S/C19H23N3O2/c1-15-6-5-9-18(21-15)19(23)20-12-17-14-22(10-11-24-17)13-16-7-3-2-4-8-16/h2-9,17H,10-14H2,1H3,(H,20,23). The lowest BCUT2D eigenvalue weighted by molar-refractivity contribution is -0.0292. The highest BCUT2D eigenvalue weighted by Crippen LogP contribution is 2.10. The number of pyridine rings is 1. The monoisotopic (exact) mass is 325 g/mol. The number of hydrogen-bond donors (Lipinski definition) is 1. The molecule has 24 heavy (non-hydrogen) atoms. The third-order valence-electron chi connectivity index (χ3n) is 4.08. The Morgan fingerprint density at radius 3 is 2.88 bits per heavy atom. The second-order valence-electron chi connectivity index (χ2n) is 6.09. The largest absolute Gasteiger partial charge is 0.374 e. The Labute approximate surface area is 142 Å². The van der Waals surface area contributed by atoms with Crippen molar-refractivity contribution in [3.8, 4) is 0 Å². The minimum Gasteiger partial charge on any atom is -0.374 e. The summed E-state index contributed by atoms with van der Waals surface area (Å²) in [5, 5.41) is 2.93. The number of hydrogen-bond acceptors (Lipinski definition) is 4. The highest BCUT2D eigenvalue weighted by atomic mass is 16.5. The average Bonchev–Trinajstić information content (AvgIpc) is 2.61. The fourth-order valence-electron chi connectivity index (χ4n) is 2.86. The quantitative estimate of drug-likeness (QED) is 0.914. The molecule has 1 aromatic heterocycles. The Bertz CT molecular complexity index is 675. The van der Waals surface area contributed by atoms with Crippen LogP contribution >= 0.6 is 0 Å². The molecule has 5 heteroatoms. The number of carbonyl (C=O) groups excluding carboxylic acids is 1. The van der Waals surface area contributed by atoms with Crippen LogP contribution < -0.4 is 5.32 Å². The van der Waals surface area contributed by atoms with Gasteiger partial charge in [0, 0.05) is 31.9 Å². The first kappa shape index (κ1) is 16.6. The molecule has 1 fully saturated rings. The molecule has 1 saturated heterocycles. The zero-order valence-electron chi connectivity index (χ0n) is 13.9. The summed E-state index contributed by atoms with van der Waals surface area (Å²) < 4.78 is 5.78. The van der Waals surface area contributed by atoms with Crippen LogP contribution in [0.3, 0.4) is 0 Å². The maximum absolute atomic E-state index is 12.2. The fourth-order valence-corrected chi connectivity index (χ4v) is 2.86. The molecule has 2 aromatic rings. The van der Waals surface area contributed by atoms with Gasteiger partial charge in [-0.05, 0) is 24.6 Å². The van der Waals surface area contributed by atoms with Crippen LogP contribution in [-0.2, 0) is 11.3 Å². The van der Waals surface area contributed by atoms with Gasteiger partial charge in [-0.3, -0.25) is 9.69 Å². The van der Waals surface area contributed by atoms with E-state index in [1.807, 2.05) is 25.1 Å². The van der Waals surface area contributed by atoms with Gasteiger partial charge in [-0.2, -0.15) is 0 Å². The molecule has 3 rings (SSSR count). The highest BCUT2D eigenvalue weighted by Gasteiger charge is 2.21. The molecule has 2 heterocycles. The molecular weight excluding hydrogens is 302 g/mol. The lowest BCUT2D eigenvalue weighted by atomic mass is 10.2. The molecular formula is C19H23N3O2. The van der Waals surface area contributed by atoms with Crippen molar-refractivity contribution in [3.05, 3.63) is 65.5 Å². The van der Waals surface area contributed by atoms with Gasteiger partial charge in [0.1, 0.15) is 5.69 Å². The second-order valence-corrected chi connectivity index (χ2v) is 6.09. The van der Waals surface area contributed by atoms with Crippen LogP contribution in [0, 0.1) is 6.92 Å². The molecule has 1 aromatic carbocycles. The summed E-state index contributed by atoms with van der Waals surface area (Å²) in [6, 6.07) is 15.9. The van der Waals surface area contributed by atoms with E-state index in [-0.39, 0.29) is 12.0 Å². The average molecular weight is 325 g/mol. The number of aryl methyl sites for hydroxylation is 1. The van der Waals surface area contributed by atoms with Gasteiger partial charge in [-0.1, -0.05) is 36.4 Å². The van der Waals surface area contributed by atoms with E-state index in [0.717, 1.165) is 25.3 Å². The maximum Gasteiger partial charge on any atom is 0.269 e. The van der Waals surface area contributed by atoms with Gasteiger partial charge in [0.15, 0.2) is 0 Å². The predicted molar refractivity (Wildman–Crippen MR) is 92.8 cm³/mol. The van der Waals surface area contributed by atoms with Gasteiger partial charge in [0.05, 0.1) is 12.7 Å². The van der Waals surface area contributed by atoms with Crippen LogP contribution in [0.5, 0.6) is 0 Å². The Morgan fingerprint density at radius 2 is 2.08 bits per heavy atom. The van der Waals surface area contributed by atoms with E-state index in [9.17, 15) is 4.79 Å². The van der Waals surface area contributed by atoms with Gasteiger partial charge in [0.25, 0.3) is 5.91 Å². The Hall–Kier alpha value is -2.24. The zero-order valence-corrected chi connectivity index (χ0v) is 13.9. The topological polar surface area (TPSA) is 54.5 Å². The van der Waals surface area contributed by atoms with Crippen molar-refractivity contribution < 1.29 is 9.53 Å². The predicted octanol–water partition coefficient (Wildman–Crippen LogP) is 2.02. The third-order valence-corrected chi connectivity index (χ3v) is 4.08. The molecule has 0 bridgehead atoms. The van der Waals surface area contributed by atoms with Gasteiger partial charge in [-0.25, -0.2) is 4.98 Å². The van der Waals surface area contributed by atoms with Crippen LogP contribution in [0.25, 0.3) is 0 Å². The van der Waals surface area contributed by atoms with Gasteiger partial charge in [-0.15, -0.1) is 0 Å². The lowest BCUT2D eigenvalue weighted by Crippen LogP contribution is -2.47. The van der Waals surface area contributed by atoms with Crippen LogP contribution in [0.15, 0.2) is 48.5 Å². The number of carbonyl (C=O) groups is 1. The highest BCUT2D eigenvalue weighted by molar-refractivity contribution is 5.92. The molecule has 0 aliphatic carbocycles. The molecule has 0 radical (unpaired) electrons. The van der Waals surface area contributed by atoms with E-state index in [1.165, 1.54) is 5.56 Å². The van der Waals surface area contributed by atoms with Gasteiger partial charge in [0.2, 0.25) is 0 Å². The van der Waals surface area contributed by atoms with Crippen LogP contribution in [0.1, 0.15) is 21.7 Å². The van der Waals surface area contributed by atoms with E-state index in [0.29, 0.717) is 18.8 Å². The number of nitrogens with one attached hydrogen (secondary N) is 1. The summed E-state index contributed by atoms with van der Waals surface area (Å²) in [5.74, 6) is -0.150. The molecule has 1 atom stereocenters. The first-order chi connectivity index (χ1) is 11.7. The van der Waals surface area contributed by atoms with E-state index in [4.69, 9.17) is 4.74 Å². The molecule has 1 amide bonds. The van der Waals surface area contributed by atoms with Crippen molar-refractivity contribution in [2.45, 2.75) is 19.6 Å². The molecule has 0 saturated carbocycles. The number of amides is 1. The number of aromatic nitrogens is 1. The van der Waals surface area contributed by atoms with Crippen molar-refractivity contribution in [3.63, 3.8) is 0 Å². The Morgan fingerprint density at radius 1 is 1.25 bits per heavy atom. The third kappa shape index (κ3) is 4.63. The zero-order chi connectivity index (χ0) is 16.8. The van der Waals surface area contributed by atoms with Crippen LogP contribution in [-0.4, -0.2) is 48.1 Å². The minimum atomic E-state index is -0.150. The van der Waals surface area contributed by atoms with Crippen LogP contribution in [0.2, 0.25) is 0 Å². The second kappa shape index (κ2) is 8.04. The summed E-state index contributed by atoms with van der Waals surface area (Å²) in [6.07, 6.45) is 0.0104. The number of nitrogens with zero attached hydrogens (tertiary/aromatic N) is 2. The van der Waals surface area contributed by atoms with Gasteiger partial charge < -0.3 is 10.1 Å². The fraction of sp³-hybridized carbons (Fsp3) is 0.368. The van der Waals surface area contributed by atoms with Crippen LogP contribution in [0.4, 0.5) is 0 Å². The molecule has 126 valence electrons. The number of rotatable bonds is 5. The van der Waals surface area contributed by atoms with E-state index < -0.39 is 0 Å². The summed E-state index contributed by atoms with van der Waals surface area (Å²) in [7, 11) is 0. The summed E-state index contributed by atoms with van der Waals surface area (Å²) in [4.78, 5) is 18.8. The van der Waals surface area contributed by atoms with Crippen molar-refractivity contribution in [2.24, 2.45) is 0 Å². The van der Waals surface area contributed by atoms with E-state index in [2.05, 4.69) is 39.5 Å². The molecule has 1 N–H and O–H groups in total. The number of benzene rings is 1. The van der Waals surface area contributed by atoms with Crippen molar-refractivity contribution in [2.75, 3.05) is 26.2 Å². The number of ether oxygens (including phenoxy) is 1. The summed E-state index contributed by atoms with van der Waals surface area (Å²) in [6.45, 7) is 5.71. The normalized spacial score (nSPS) is 18.3. The SMILES string of the molecule is Cc1cccc(C(=O)NCC2CN(Cc3ccccc3)CCO2)n1. The first-order valence-electron chi connectivity index (χ1n) is 8.30.